The van der Waals surface area contributed by atoms with E-state index in [9.17, 15) is 0 Å². The fraction of sp³-hybridized carbons (Fsp3) is 0.750. The Morgan fingerprint density at radius 2 is 1.83 bits per heavy atom. The second kappa shape index (κ2) is 4.68. The lowest BCUT2D eigenvalue weighted by Crippen LogP contribution is -2.27. The van der Waals surface area contributed by atoms with E-state index in [1.807, 2.05) is 0 Å². The van der Waals surface area contributed by atoms with Crippen LogP contribution in [0.3, 0.4) is 0 Å². The fourth-order valence-electron chi connectivity index (χ4n) is 2.65. The summed E-state index contributed by atoms with van der Waals surface area (Å²) in [6, 6.07) is 0. The van der Waals surface area contributed by atoms with Gasteiger partial charge in [0.1, 0.15) is 23.0 Å². The van der Waals surface area contributed by atoms with Crippen LogP contribution >= 0.6 is 11.5 Å². The smallest absolute Gasteiger partial charge is 0.142 e. The molecule has 1 aliphatic carbocycles. The molecule has 2 atom stereocenters. The molecule has 100 valence electrons. The summed E-state index contributed by atoms with van der Waals surface area (Å²) >= 11 is 1.51. The molecule has 3 rings (SSSR count). The summed E-state index contributed by atoms with van der Waals surface area (Å²) in [6.45, 7) is 1.72. The highest BCUT2D eigenvalue weighted by Gasteiger charge is 2.38. The highest BCUT2D eigenvalue weighted by molar-refractivity contribution is 7.10. The van der Waals surface area contributed by atoms with E-state index < -0.39 is 0 Å². The SMILES string of the molecule is COC1CN(c2snc(N)c2C2CC2)CC1OC. The molecule has 0 amide bonds. The maximum atomic E-state index is 5.99. The second-order valence-electron chi connectivity index (χ2n) is 5.01. The number of aromatic nitrogens is 1. The minimum Gasteiger partial charge on any atom is -0.383 e. The van der Waals surface area contributed by atoms with Crippen LogP contribution < -0.4 is 10.6 Å². The molecule has 1 aliphatic heterocycles. The summed E-state index contributed by atoms with van der Waals surface area (Å²) in [7, 11) is 3.48. The minimum absolute atomic E-state index is 0.130. The number of hydrogen-bond acceptors (Lipinski definition) is 6. The zero-order valence-electron chi connectivity index (χ0n) is 10.8. The summed E-state index contributed by atoms with van der Waals surface area (Å²) in [6.07, 6.45) is 2.74. The number of ether oxygens (including phenoxy) is 2. The van der Waals surface area contributed by atoms with E-state index in [1.54, 1.807) is 14.2 Å². The van der Waals surface area contributed by atoms with Gasteiger partial charge in [-0.3, -0.25) is 0 Å². The molecule has 18 heavy (non-hydrogen) atoms. The Hall–Kier alpha value is -0.850. The first-order valence-electron chi connectivity index (χ1n) is 6.30. The number of nitrogens with two attached hydrogens (primary N) is 1. The standard InChI is InChI=1S/C12H19N3O2S/c1-16-8-5-15(6-9(8)17-2)12-10(7-3-4-7)11(13)14-18-12/h7-9H,3-6H2,1-2H3,(H2,13,14). The van der Waals surface area contributed by atoms with Crippen LogP contribution in [0.5, 0.6) is 0 Å². The lowest BCUT2D eigenvalue weighted by molar-refractivity contribution is -0.00461. The van der Waals surface area contributed by atoms with Gasteiger partial charge in [-0.1, -0.05) is 0 Å². The molecule has 1 aromatic rings. The van der Waals surface area contributed by atoms with Gasteiger partial charge >= 0.3 is 0 Å². The zero-order chi connectivity index (χ0) is 12.7. The van der Waals surface area contributed by atoms with Gasteiger partial charge < -0.3 is 20.1 Å². The third kappa shape index (κ3) is 1.98. The highest BCUT2D eigenvalue weighted by atomic mass is 32.1. The molecule has 1 saturated heterocycles. The molecule has 2 N–H and O–H groups in total. The zero-order valence-corrected chi connectivity index (χ0v) is 11.6. The van der Waals surface area contributed by atoms with Crippen molar-refractivity contribution in [3.63, 3.8) is 0 Å². The second-order valence-corrected chi connectivity index (χ2v) is 5.77. The van der Waals surface area contributed by atoms with Crippen molar-refractivity contribution >= 4 is 22.4 Å². The normalized spacial score (nSPS) is 28.0. The first kappa shape index (κ1) is 12.2. The predicted octanol–water partition coefficient (Wildman–Crippen LogP) is 1.45. The van der Waals surface area contributed by atoms with Crippen LogP contribution in [-0.4, -0.2) is 43.9 Å². The van der Waals surface area contributed by atoms with Gasteiger partial charge in [-0.2, -0.15) is 4.37 Å². The van der Waals surface area contributed by atoms with Crippen molar-refractivity contribution in [1.82, 2.24) is 4.37 Å². The number of methoxy groups -OCH3 is 2. The van der Waals surface area contributed by atoms with E-state index >= 15 is 0 Å². The molecule has 1 saturated carbocycles. The summed E-state index contributed by atoms with van der Waals surface area (Å²) in [5.74, 6) is 1.34. The average molecular weight is 269 g/mol. The van der Waals surface area contributed by atoms with Crippen molar-refractivity contribution in [2.45, 2.75) is 31.0 Å². The molecule has 2 aliphatic rings. The summed E-state index contributed by atoms with van der Waals surface area (Å²) in [5.41, 5.74) is 7.25. The number of nitrogens with zero attached hydrogens (tertiary/aromatic N) is 2. The molecule has 0 aromatic carbocycles. The van der Waals surface area contributed by atoms with E-state index in [-0.39, 0.29) is 12.2 Å². The van der Waals surface area contributed by atoms with Gasteiger partial charge in [0.2, 0.25) is 0 Å². The molecule has 2 unspecified atom stereocenters. The van der Waals surface area contributed by atoms with E-state index in [4.69, 9.17) is 15.2 Å². The Labute approximate surface area is 111 Å². The van der Waals surface area contributed by atoms with Crippen LogP contribution in [0.15, 0.2) is 0 Å². The average Bonchev–Trinajstić information content (AvgIpc) is 3.01. The van der Waals surface area contributed by atoms with Crippen molar-refractivity contribution in [2.75, 3.05) is 37.9 Å². The molecular weight excluding hydrogens is 250 g/mol. The van der Waals surface area contributed by atoms with Gasteiger partial charge in [0.25, 0.3) is 0 Å². The molecule has 6 heteroatoms. The fourth-order valence-corrected chi connectivity index (χ4v) is 3.56. The third-order valence-electron chi connectivity index (χ3n) is 3.83. The first-order chi connectivity index (χ1) is 8.74. The van der Waals surface area contributed by atoms with Crippen LogP contribution in [0.25, 0.3) is 0 Å². The molecule has 0 radical (unpaired) electrons. The third-order valence-corrected chi connectivity index (χ3v) is 4.77. The van der Waals surface area contributed by atoms with Crippen LogP contribution in [0.1, 0.15) is 24.3 Å². The highest BCUT2D eigenvalue weighted by Crippen LogP contribution is 2.49. The molecule has 0 bridgehead atoms. The maximum absolute atomic E-state index is 5.99. The van der Waals surface area contributed by atoms with Crippen LogP contribution in [0.2, 0.25) is 0 Å². The van der Waals surface area contributed by atoms with Crippen molar-refractivity contribution in [3.05, 3.63) is 5.56 Å². The Kier molecular flexibility index (Phi) is 3.17. The maximum Gasteiger partial charge on any atom is 0.142 e. The molecule has 2 fully saturated rings. The lowest BCUT2D eigenvalue weighted by atomic mass is 10.2. The van der Waals surface area contributed by atoms with E-state index in [2.05, 4.69) is 9.27 Å². The van der Waals surface area contributed by atoms with Crippen molar-refractivity contribution in [1.29, 1.82) is 0 Å². The summed E-state index contributed by atoms with van der Waals surface area (Å²) < 4.78 is 15.3. The molecule has 5 nitrogen and oxygen atoms in total. The Bertz CT molecular complexity index is 421. The number of anilines is 2. The lowest BCUT2D eigenvalue weighted by Gasteiger charge is -2.17. The van der Waals surface area contributed by atoms with Crippen LogP contribution in [0, 0.1) is 0 Å². The number of rotatable bonds is 4. The van der Waals surface area contributed by atoms with Gasteiger partial charge in [0.05, 0.1) is 0 Å². The van der Waals surface area contributed by atoms with E-state index in [1.165, 1.54) is 34.9 Å². The quantitative estimate of drug-likeness (QED) is 0.896. The van der Waals surface area contributed by atoms with Gasteiger partial charge in [0.15, 0.2) is 0 Å². The van der Waals surface area contributed by atoms with Crippen LogP contribution in [-0.2, 0) is 9.47 Å². The topological polar surface area (TPSA) is 60.6 Å². The summed E-state index contributed by atoms with van der Waals surface area (Å²) in [5, 5.41) is 1.22. The van der Waals surface area contributed by atoms with Crippen molar-refractivity contribution < 1.29 is 9.47 Å². The van der Waals surface area contributed by atoms with Gasteiger partial charge in [-0.05, 0) is 30.3 Å². The van der Waals surface area contributed by atoms with Gasteiger partial charge in [-0.25, -0.2) is 0 Å². The van der Waals surface area contributed by atoms with E-state index in [0.29, 0.717) is 11.7 Å². The number of hydrogen-bond donors (Lipinski definition) is 1. The molecule has 0 spiro atoms. The van der Waals surface area contributed by atoms with Gasteiger partial charge in [-0.15, -0.1) is 0 Å². The predicted molar refractivity (Wildman–Crippen MR) is 72.3 cm³/mol. The number of nitrogen functional groups attached to an aromatic ring is 1. The monoisotopic (exact) mass is 269 g/mol. The molecule has 2 heterocycles. The first-order valence-corrected chi connectivity index (χ1v) is 7.07. The Balaban J connectivity index is 1.83. The van der Waals surface area contributed by atoms with Gasteiger partial charge in [0, 0.05) is 32.9 Å². The molecular formula is C12H19N3O2S. The molecule has 1 aromatic heterocycles. The Morgan fingerprint density at radius 3 is 2.33 bits per heavy atom. The van der Waals surface area contributed by atoms with Crippen molar-refractivity contribution in [2.24, 2.45) is 0 Å². The summed E-state index contributed by atoms with van der Waals surface area (Å²) in [4.78, 5) is 2.31. The van der Waals surface area contributed by atoms with Crippen molar-refractivity contribution in [3.8, 4) is 0 Å². The van der Waals surface area contributed by atoms with Crippen LogP contribution in [0.4, 0.5) is 10.8 Å². The largest absolute Gasteiger partial charge is 0.383 e. The Morgan fingerprint density at radius 1 is 1.22 bits per heavy atom. The minimum atomic E-state index is 0.130. The van der Waals surface area contributed by atoms with E-state index in [0.717, 1.165) is 13.1 Å².